The normalized spacial score (nSPS) is 28.9. The zero-order valence-corrected chi connectivity index (χ0v) is 11.3. The summed E-state index contributed by atoms with van der Waals surface area (Å²) >= 11 is 3.20. The molecule has 6 heteroatoms. The highest BCUT2D eigenvalue weighted by atomic mass is 79.9. The summed E-state index contributed by atoms with van der Waals surface area (Å²) in [6.45, 7) is 1.39. The van der Waals surface area contributed by atoms with E-state index in [4.69, 9.17) is 4.74 Å². The molecule has 3 atom stereocenters. The van der Waals surface area contributed by atoms with Gasteiger partial charge in [-0.25, -0.2) is 4.79 Å². The van der Waals surface area contributed by atoms with E-state index in [2.05, 4.69) is 20.7 Å². The number of pyridine rings is 1. The number of carbonyl (C=O) groups is 1. The first-order chi connectivity index (χ1) is 8.63. The standard InChI is InChI=1S/C12H12BrNO4/c1-17-12(16)6-2-9(13)11(15)14(3-6)10-7-4-18-5-8(7)10/h2-3,7-8,10H,4-5H2,1H3/t7-,8+,10?. The van der Waals surface area contributed by atoms with E-state index in [-0.39, 0.29) is 11.6 Å². The number of methoxy groups -OCH3 is 1. The highest BCUT2D eigenvalue weighted by molar-refractivity contribution is 9.10. The predicted molar refractivity (Wildman–Crippen MR) is 66.6 cm³/mol. The fourth-order valence-electron chi connectivity index (χ4n) is 2.64. The predicted octanol–water partition coefficient (Wildman–Crippen LogP) is 1.21. The van der Waals surface area contributed by atoms with Gasteiger partial charge in [-0.3, -0.25) is 4.79 Å². The van der Waals surface area contributed by atoms with Gasteiger partial charge >= 0.3 is 5.97 Å². The van der Waals surface area contributed by atoms with Gasteiger partial charge < -0.3 is 14.0 Å². The lowest BCUT2D eigenvalue weighted by atomic mass is 10.3. The first-order valence-electron chi connectivity index (χ1n) is 5.71. The van der Waals surface area contributed by atoms with Crippen LogP contribution in [-0.2, 0) is 9.47 Å². The molecule has 96 valence electrons. The highest BCUT2D eigenvalue weighted by Crippen LogP contribution is 2.53. The zero-order valence-electron chi connectivity index (χ0n) is 9.76. The Morgan fingerprint density at radius 3 is 2.78 bits per heavy atom. The van der Waals surface area contributed by atoms with Crippen LogP contribution in [0.5, 0.6) is 0 Å². The summed E-state index contributed by atoms with van der Waals surface area (Å²) in [5.41, 5.74) is 0.275. The Hall–Kier alpha value is -1.14. The second kappa shape index (κ2) is 4.20. The lowest BCUT2D eigenvalue weighted by Gasteiger charge is -2.10. The summed E-state index contributed by atoms with van der Waals surface area (Å²) in [4.78, 5) is 23.6. The van der Waals surface area contributed by atoms with Crippen LogP contribution < -0.4 is 5.56 Å². The van der Waals surface area contributed by atoms with Crippen molar-refractivity contribution in [1.82, 2.24) is 4.57 Å². The van der Waals surface area contributed by atoms with Crippen molar-refractivity contribution in [2.45, 2.75) is 6.04 Å². The van der Waals surface area contributed by atoms with Crippen LogP contribution in [0, 0.1) is 11.8 Å². The molecule has 0 bridgehead atoms. The van der Waals surface area contributed by atoms with Crippen LogP contribution in [0.15, 0.2) is 21.5 Å². The van der Waals surface area contributed by atoms with Crippen LogP contribution >= 0.6 is 15.9 Å². The molecule has 1 aliphatic heterocycles. The number of ether oxygens (including phenoxy) is 2. The van der Waals surface area contributed by atoms with E-state index in [0.717, 1.165) is 0 Å². The molecule has 0 N–H and O–H groups in total. The largest absolute Gasteiger partial charge is 0.465 e. The lowest BCUT2D eigenvalue weighted by molar-refractivity contribution is 0.0599. The van der Waals surface area contributed by atoms with Gasteiger partial charge in [0, 0.05) is 24.1 Å². The van der Waals surface area contributed by atoms with Crippen LogP contribution in [0.2, 0.25) is 0 Å². The van der Waals surface area contributed by atoms with E-state index in [1.54, 1.807) is 10.8 Å². The maximum absolute atomic E-state index is 12.1. The van der Waals surface area contributed by atoms with Crippen LogP contribution in [0.4, 0.5) is 0 Å². The van der Waals surface area contributed by atoms with Gasteiger partial charge in [-0.15, -0.1) is 0 Å². The first-order valence-corrected chi connectivity index (χ1v) is 6.50. The van der Waals surface area contributed by atoms with Gasteiger partial charge in [-0.1, -0.05) is 0 Å². The van der Waals surface area contributed by atoms with Crippen molar-refractivity contribution in [2.24, 2.45) is 11.8 Å². The second-order valence-corrected chi connectivity index (χ2v) is 5.49. The minimum absolute atomic E-state index is 0.109. The maximum Gasteiger partial charge on any atom is 0.339 e. The van der Waals surface area contributed by atoms with Crippen LogP contribution in [0.1, 0.15) is 16.4 Å². The Balaban J connectivity index is 2.01. The summed E-state index contributed by atoms with van der Waals surface area (Å²) in [5.74, 6) is 0.372. The van der Waals surface area contributed by atoms with Crippen molar-refractivity contribution in [3.8, 4) is 0 Å². The monoisotopic (exact) mass is 313 g/mol. The third kappa shape index (κ3) is 1.71. The number of aromatic nitrogens is 1. The molecule has 2 heterocycles. The number of hydrogen-bond acceptors (Lipinski definition) is 4. The van der Waals surface area contributed by atoms with Crippen molar-refractivity contribution in [3.63, 3.8) is 0 Å². The average molecular weight is 314 g/mol. The van der Waals surface area contributed by atoms with Crippen molar-refractivity contribution < 1.29 is 14.3 Å². The molecule has 18 heavy (non-hydrogen) atoms. The van der Waals surface area contributed by atoms with Crippen LogP contribution in [0.25, 0.3) is 0 Å². The Labute approximate surface area is 112 Å². The summed E-state index contributed by atoms with van der Waals surface area (Å²) in [6, 6.07) is 1.66. The van der Waals surface area contributed by atoms with Crippen molar-refractivity contribution in [1.29, 1.82) is 0 Å². The molecule has 0 aromatic carbocycles. The minimum atomic E-state index is -0.438. The van der Waals surface area contributed by atoms with E-state index in [1.165, 1.54) is 13.2 Å². The fourth-order valence-corrected chi connectivity index (χ4v) is 3.09. The van der Waals surface area contributed by atoms with Crippen molar-refractivity contribution in [2.75, 3.05) is 20.3 Å². The van der Waals surface area contributed by atoms with E-state index < -0.39 is 5.97 Å². The van der Waals surface area contributed by atoms with E-state index in [1.807, 2.05) is 0 Å². The number of rotatable bonds is 2. The number of hydrogen-bond donors (Lipinski definition) is 0. The van der Waals surface area contributed by atoms with Crippen LogP contribution in [0.3, 0.4) is 0 Å². The summed E-state index contributed by atoms with van der Waals surface area (Å²) in [5, 5.41) is 0. The average Bonchev–Trinajstić information content (AvgIpc) is 2.83. The van der Waals surface area contributed by atoms with Gasteiger partial charge in [-0.05, 0) is 22.0 Å². The summed E-state index contributed by atoms with van der Waals surface area (Å²) in [6.07, 6.45) is 1.59. The minimum Gasteiger partial charge on any atom is -0.465 e. The molecule has 0 radical (unpaired) electrons. The quantitative estimate of drug-likeness (QED) is 0.770. The van der Waals surface area contributed by atoms with E-state index >= 15 is 0 Å². The molecular weight excluding hydrogens is 302 g/mol. The number of nitrogens with zero attached hydrogens (tertiary/aromatic N) is 1. The van der Waals surface area contributed by atoms with Gasteiger partial charge in [0.1, 0.15) is 0 Å². The SMILES string of the molecule is COC(=O)c1cc(Br)c(=O)n(C2[C@H]3COC[C@@H]23)c1. The fraction of sp³-hybridized carbons (Fsp3) is 0.500. The molecule has 1 aliphatic carbocycles. The lowest BCUT2D eigenvalue weighted by Crippen LogP contribution is -2.23. The molecule has 0 amide bonds. The third-order valence-corrected chi connectivity index (χ3v) is 4.22. The molecule has 2 aliphatic rings. The molecule has 1 unspecified atom stereocenters. The Morgan fingerprint density at radius 1 is 1.50 bits per heavy atom. The molecular formula is C12H12BrNO4. The molecule has 3 rings (SSSR count). The summed E-state index contributed by atoms with van der Waals surface area (Å²) < 4.78 is 12.0. The molecule has 2 fully saturated rings. The molecule has 5 nitrogen and oxygen atoms in total. The number of carbonyl (C=O) groups excluding carboxylic acids is 1. The van der Waals surface area contributed by atoms with Crippen molar-refractivity contribution >= 4 is 21.9 Å². The zero-order chi connectivity index (χ0) is 12.9. The molecule has 1 saturated carbocycles. The molecule has 0 spiro atoms. The number of fused-ring (bicyclic) bond motifs is 1. The van der Waals surface area contributed by atoms with Gasteiger partial charge in [-0.2, -0.15) is 0 Å². The van der Waals surface area contributed by atoms with E-state index in [0.29, 0.717) is 35.1 Å². The maximum atomic E-state index is 12.1. The molecule has 1 saturated heterocycles. The van der Waals surface area contributed by atoms with Gasteiger partial charge in [0.05, 0.1) is 30.4 Å². The van der Waals surface area contributed by atoms with Gasteiger partial charge in [0.15, 0.2) is 0 Å². The number of halogens is 1. The molecule has 1 aromatic rings. The van der Waals surface area contributed by atoms with Crippen LogP contribution in [-0.4, -0.2) is 30.9 Å². The van der Waals surface area contributed by atoms with E-state index in [9.17, 15) is 9.59 Å². The topological polar surface area (TPSA) is 57.5 Å². The summed E-state index contributed by atoms with van der Waals surface area (Å²) in [7, 11) is 1.32. The first kappa shape index (κ1) is 11.9. The van der Waals surface area contributed by atoms with Gasteiger partial charge in [0.25, 0.3) is 5.56 Å². The highest BCUT2D eigenvalue weighted by Gasteiger charge is 2.55. The Kier molecular flexibility index (Phi) is 2.79. The Bertz CT molecular complexity index is 558. The third-order valence-electron chi connectivity index (χ3n) is 3.65. The smallest absolute Gasteiger partial charge is 0.339 e. The Morgan fingerprint density at radius 2 is 2.17 bits per heavy atom. The molecule has 1 aromatic heterocycles. The number of esters is 1. The second-order valence-electron chi connectivity index (χ2n) is 4.64. The van der Waals surface area contributed by atoms with Gasteiger partial charge in [0.2, 0.25) is 0 Å². The van der Waals surface area contributed by atoms with Crippen molar-refractivity contribution in [3.05, 3.63) is 32.7 Å².